The van der Waals surface area contributed by atoms with Gasteiger partial charge >= 0.3 is 0 Å². The Morgan fingerprint density at radius 3 is 3.05 bits per heavy atom. The zero-order valence-corrected chi connectivity index (χ0v) is 12.0. The first kappa shape index (κ1) is 14.3. The molecule has 1 amide bonds. The highest BCUT2D eigenvalue weighted by Gasteiger charge is 2.25. The van der Waals surface area contributed by atoms with Crippen molar-refractivity contribution in [2.24, 2.45) is 0 Å². The third kappa shape index (κ3) is 3.93. The van der Waals surface area contributed by atoms with E-state index in [0.717, 1.165) is 18.8 Å². The van der Waals surface area contributed by atoms with E-state index in [0.29, 0.717) is 11.6 Å². The average Bonchev–Trinajstić information content (AvgIpc) is 2.38. The Hall–Kier alpha value is -1.10. The predicted octanol–water partition coefficient (Wildman–Crippen LogP) is 2.39. The second-order valence-corrected chi connectivity index (χ2v) is 5.29. The maximum absolute atomic E-state index is 12.2. The average molecular weight is 283 g/mol. The van der Waals surface area contributed by atoms with Crippen molar-refractivity contribution in [2.75, 3.05) is 25.0 Å². The van der Waals surface area contributed by atoms with Gasteiger partial charge in [0.25, 0.3) is 0 Å². The number of hydrogen-bond donors (Lipinski definition) is 1. The highest BCUT2D eigenvalue weighted by atomic mass is 35.5. The highest BCUT2D eigenvalue weighted by Crippen LogP contribution is 2.16. The molecular formula is C14H19ClN2O2. The number of benzene rings is 1. The van der Waals surface area contributed by atoms with Gasteiger partial charge in [-0.1, -0.05) is 17.7 Å². The number of carbonyl (C=O) groups is 1. The Kier molecular flexibility index (Phi) is 4.80. The van der Waals surface area contributed by atoms with E-state index in [1.54, 1.807) is 12.1 Å². The van der Waals surface area contributed by atoms with E-state index in [1.807, 2.05) is 26.0 Å². The summed E-state index contributed by atoms with van der Waals surface area (Å²) in [5.74, 6) is -0.0173. The van der Waals surface area contributed by atoms with Crippen LogP contribution in [0.5, 0.6) is 0 Å². The normalized spacial score (nSPS) is 21.9. The van der Waals surface area contributed by atoms with Crippen LogP contribution in [-0.2, 0) is 9.53 Å². The van der Waals surface area contributed by atoms with Crippen LogP contribution in [0.4, 0.5) is 5.69 Å². The highest BCUT2D eigenvalue weighted by molar-refractivity contribution is 6.30. The number of halogens is 1. The van der Waals surface area contributed by atoms with Gasteiger partial charge in [-0.05, 0) is 32.0 Å². The van der Waals surface area contributed by atoms with Crippen molar-refractivity contribution in [3.63, 3.8) is 0 Å². The molecule has 1 N–H and O–H groups in total. The maximum Gasteiger partial charge on any atom is 0.241 e. The van der Waals surface area contributed by atoms with Crippen molar-refractivity contribution in [3.05, 3.63) is 29.3 Å². The minimum Gasteiger partial charge on any atom is -0.376 e. The van der Waals surface area contributed by atoms with Gasteiger partial charge in [-0.3, -0.25) is 9.69 Å². The summed E-state index contributed by atoms with van der Waals surface area (Å²) in [6.45, 7) is 6.18. The molecule has 0 radical (unpaired) electrons. The van der Waals surface area contributed by atoms with Crippen LogP contribution in [0.1, 0.15) is 13.8 Å². The smallest absolute Gasteiger partial charge is 0.241 e. The number of rotatable bonds is 3. The molecule has 1 aliphatic heterocycles. The van der Waals surface area contributed by atoms with Crippen LogP contribution in [-0.4, -0.2) is 42.6 Å². The van der Waals surface area contributed by atoms with E-state index < -0.39 is 0 Å². The molecule has 0 bridgehead atoms. The van der Waals surface area contributed by atoms with Gasteiger partial charge in [0.1, 0.15) is 0 Å². The van der Waals surface area contributed by atoms with Gasteiger partial charge in [-0.25, -0.2) is 0 Å². The lowest BCUT2D eigenvalue weighted by Gasteiger charge is -2.34. The quantitative estimate of drug-likeness (QED) is 0.925. The molecule has 1 heterocycles. The van der Waals surface area contributed by atoms with E-state index in [-0.39, 0.29) is 18.1 Å². The molecule has 2 atom stereocenters. The lowest BCUT2D eigenvalue weighted by atomic mass is 10.2. The molecule has 5 heteroatoms. The molecule has 1 aromatic carbocycles. The van der Waals surface area contributed by atoms with Crippen LogP contribution in [0, 0.1) is 0 Å². The number of carbonyl (C=O) groups excluding carboxylic acids is 1. The van der Waals surface area contributed by atoms with Crippen LogP contribution in [0.25, 0.3) is 0 Å². The monoisotopic (exact) mass is 282 g/mol. The third-order valence-electron chi connectivity index (χ3n) is 3.29. The first-order valence-corrected chi connectivity index (χ1v) is 6.86. The molecule has 0 spiro atoms. The van der Waals surface area contributed by atoms with E-state index in [4.69, 9.17) is 16.3 Å². The summed E-state index contributed by atoms with van der Waals surface area (Å²) in [6.07, 6.45) is 0.176. The zero-order chi connectivity index (χ0) is 13.8. The molecule has 0 saturated carbocycles. The van der Waals surface area contributed by atoms with Gasteiger partial charge in [0.05, 0.1) is 18.8 Å². The molecule has 1 aliphatic rings. The van der Waals surface area contributed by atoms with E-state index in [2.05, 4.69) is 10.2 Å². The summed E-state index contributed by atoms with van der Waals surface area (Å²) >= 11 is 5.90. The van der Waals surface area contributed by atoms with Crippen molar-refractivity contribution in [1.29, 1.82) is 0 Å². The fraction of sp³-hybridized carbons (Fsp3) is 0.500. The topological polar surface area (TPSA) is 41.6 Å². The molecule has 1 fully saturated rings. The number of morpholine rings is 1. The van der Waals surface area contributed by atoms with Crippen molar-refractivity contribution < 1.29 is 9.53 Å². The first-order chi connectivity index (χ1) is 9.06. The molecule has 104 valence electrons. The van der Waals surface area contributed by atoms with Gasteiger partial charge in [0.2, 0.25) is 5.91 Å². The number of hydrogen-bond acceptors (Lipinski definition) is 3. The van der Waals surface area contributed by atoms with Gasteiger partial charge in [0, 0.05) is 23.8 Å². The molecule has 2 rings (SSSR count). The Bertz CT molecular complexity index is 453. The standard InChI is InChI=1S/C14H19ClN2O2/c1-10-9-17(6-7-19-10)11(2)14(18)16-13-5-3-4-12(15)8-13/h3-5,8,10-11H,6-7,9H2,1-2H3,(H,16,18)/t10-,11-/m0/s1. The largest absolute Gasteiger partial charge is 0.376 e. The Balaban J connectivity index is 1.95. The molecule has 0 aromatic heterocycles. The Labute approximate surface area is 118 Å². The summed E-state index contributed by atoms with van der Waals surface area (Å²) < 4.78 is 5.48. The van der Waals surface area contributed by atoms with Crippen LogP contribution in [0.3, 0.4) is 0 Å². The molecule has 4 nitrogen and oxygen atoms in total. The van der Waals surface area contributed by atoms with Gasteiger partial charge < -0.3 is 10.1 Å². The zero-order valence-electron chi connectivity index (χ0n) is 11.2. The lowest BCUT2D eigenvalue weighted by Crippen LogP contribution is -2.50. The summed E-state index contributed by atoms with van der Waals surface area (Å²) in [5.41, 5.74) is 0.727. The first-order valence-electron chi connectivity index (χ1n) is 6.48. The molecule has 1 aromatic rings. The van der Waals surface area contributed by atoms with Crippen LogP contribution in [0.15, 0.2) is 24.3 Å². The van der Waals surface area contributed by atoms with E-state index in [1.165, 1.54) is 0 Å². The molecular weight excluding hydrogens is 264 g/mol. The second kappa shape index (κ2) is 6.37. The SMILES string of the molecule is C[C@H]1CN([C@@H](C)C(=O)Nc2cccc(Cl)c2)CCO1. The van der Waals surface area contributed by atoms with Crippen molar-refractivity contribution in [3.8, 4) is 0 Å². The van der Waals surface area contributed by atoms with Crippen molar-refractivity contribution >= 4 is 23.2 Å². The number of anilines is 1. The number of ether oxygens (including phenoxy) is 1. The summed E-state index contributed by atoms with van der Waals surface area (Å²) in [4.78, 5) is 14.3. The van der Waals surface area contributed by atoms with Crippen LogP contribution in [0.2, 0.25) is 5.02 Å². The fourth-order valence-electron chi connectivity index (χ4n) is 2.18. The minimum absolute atomic E-state index is 0.0173. The Morgan fingerprint density at radius 1 is 1.58 bits per heavy atom. The van der Waals surface area contributed by atoms with Crippen LogP contribution >= 0.6 is 11.6 Å². The molecule has 0 unspecified atom stereocenters. The second-order valence-electron chi connectivity index (χ2n) is 4.85. The lowest BCUT2D eigenvalue weighted by molar-refractivity contribution is -0.123. The number of nitrogens with zero attached hydrogens (tertiary/aromatic N) is 1. The number of amides is 1. The third-order valence-corrected chi connectivity index (χ3v) is 3.53. The summed E-state index contributed by atoms with van der Waals surface area (Å²) in [6, 6.07) is 7.00. The van der Waals surface area contributed by atoms with Crippen LogP contribution < -0.4 is 5.32 Å². The number of nitrogens with one attached hydrogen (secondary N) is 1. The minimum atomic E-state index is -0.176. The molecule has 19 heavy (non-hydrogen) atoms. The fourth-order valence-corrected chi connectivity index (χ4v) is 2.37. The maximum atomic E-state index is 12.2. The summed E-state index contributed by atoms with van der Waals surface area (Å²) in [5, 5.41) is 3.50. The van der Waals surface area contributed by atoms with E-state index in [9.17, 15) is 4.79 Å². The van der Waals surface area contributed by atoms with Crippen molar-refractivity contribution in [1.82, 2.24) is 4.90 Å². The van der Waals surface area contributed by atoms with Gasteiger partial charge in [-0.15, -0.1) is 0 Å². The predicted molar refractivity (Wildman–Crippen MR) is 76.5 cm³/mol. The van der Waals surface area contributed by atoms with Gasteiger partial charge in [0.15, 0.2) is 0 Å². The van der Waals surface area contributed by atoms with Gasteiger partial charge in [-0.2, -0.15) is 0 Å². The van der Waals surface area contributed by atoms with E-state index >= 15 is 0 Å². The molecule has 0 aliphatic carbocycles. The summed E-state index contributed by atoms with van der Waals surface area (Å²) in [7, 11) is 0. The Morgan fingerprint density at radius 2 is 2.37 bits per heavy atom. The van der Waals surface area contributed by atoms with Crippen molar-refractivity contribution in [2.45, 2.75) is 26.0 Å². The molecule has 1 saturated heterocycles.